The van der Waals surface area contributed by atoms with Crippen molar-refractivity contribution in [3.63, 3.8) is 0 Å². The molecule has 0 aliphatic carbocycles. The number of para-hydroxylation sites is 1. The number of nitrogens with zero attached hydrogens (tertiary/aromatic N) is 2. The molecule has 1 heterocycles. The second-order valence-electron chi connectivity index (χ2n) is 8.36. The fraction of sp³-hybridized carbons (Fsp3) is 0.259. The molecule has 200 valence electrons. The van der Waals surface area contributed by atoms with Crippen molar-refractivity contribution in [2.45, 2.75) is 4.90 Å². The number of carbonyl (C=O) groups excluding carboxylic acids is 2. The van der Waals surface area contributed by atoms with Crippen LogP contribution in [0.15, 0.2) is 77.7 Å². The summed E-state index contributed by atoms with van der Waals surface area (Å²) in [5.74, 6) is -0.146. The maximum absolute atomic E-state index is 13.7. The van der Waals surface area contributed by atoms with Gasteiger partial charge in [-0.05, 0) is 36.4 Å². The summed E-state index contributed by atoms with van der Waals surface area (Å²) in [6, 6.07) is 19.0. The number of carbonyl (C=O) groups is 2. The summed E-state index contributed by atoms with van der Waals surface area (Å²) in [7, 11) is -1.23. The van der Waals surface area contributed by atoms with Crippen LogP contribution >= 0.6 is 0 Å². The van der Waals surface area contributed by atoms with E-state index in [0.717, 1.165) is 4.31 Å². The molecule has 1 N–H and O–H groups in total. The number of rotatable bonds is 9. The van der Waals surface area contributed by atoms with Crippen LogP contribution in [-0.2, 0) is 19.6 Å². The second kappa shape index (κ2) is 12.0. The molecular formula is C27H29N3O7S. The first kappa shape index (κ1) is 27.0. The highest BCUT2D eigenvalue weighted by Crippen LogP contribution is 2.34. The first-order valence-electron chi connectivity index (χ1n) is 11.9. The van der Waals surface area contributed by atoms with Gasteiger partial charge in [0.2, 0.25) is 5.91 Å². The highest BCUT2D eigenvalue weighted by molar-refractivity contribution is 7.92. The molecule has 1 fully saturated rings. The monoisotopic (exact) mass is 539 g/mol. The number of nitrogens with one attached hydrogen (secondary N) is 1. The molecule has 0 saturated carbocycles. The summed E-state index contributed by atoms with van der Waals surface area (Å²) in [6.07, 6.45) is 0. The minimum atomic E-state index is -4.14. The van der Waals surface area contributed by atoms with Gasteiger partial charge >= 0.3 is 0 Å². The molecule has 4 rings (SSSR count). The lowest BCUT2D eigenvalue weighted by atomic mass is 10.1. The summed E-state index contributed by atoms with van der Waals surface area (Å²) in [5.41, 5.74) is 0.809. The van der Waals surface area contributed by atoms with Crippen LogP contribution in [0.25, 0.3) is 0 Å². The van der Waals surface area contributed by atoms with Gasteiger partial charge in [-0.2, -0.15) is 0 Å². The Morgan fingerprint density at radius 2 is 1.58 bits per heavy atom. The number of hydrogen-bond donors (Lipinski definition) is 1. The van der Waals surface area contributed by atoms with Crippen LogP contribution in [0, 0.1) is 0 Å². The number of methoxy groups -OCH3 is 2. The Kier molecular flexibility index (Phi) is 8.49. The van der Waals surface area contributed by atoms with E-state index in [1.807, 2.05) is 0 Å². The number of benzene rings is 3. The molecule has 1 aliphatic rings. The first-order valence-corrected chi connectivity index (χ1v) is 13.3. The first-order chi connectivity index (χ1) is 18.3. The topological polar surface area (TPSA) is 114 Å². The predicted molar refractivity (Wildman–Crippen MR) is 142 cm³/mol. The van der Waals surface area contributed by atoms with E-state index in [4.69, 9.17) is 14.2 Å². The lowest BCUT2D eigenvalue weighted by Gasteiger charge is -2.28. The summed E-state index contributed by atoms with van der Waals surface area (Å²) >= 11 is 0. The van der Waals surface area contributed by atoms with Crippen molar-refractivity contribution in [2.75, 3.05) is 56.7 Å². The van der Waals surface area contributed by atoms with Crippen molar-refractivity contribution in [3.05, 3.63) is 78.4 Å². The van der Waals surface area contributed by atoms with Crippen molar-refractivity contribution in [2.24, 2.45) is 0 Å². The standard InChI is InChI=1S/C27H29N3O7S/c1-35-24-13-12-20(18-25(24)36-2)30(38(33,34)21-8-4-3-5-9-21)19-26(31)28-23-11-7-6-10-22(23)27(32)29-14-16-37-17-15-29/h3-13,18H,14-17,19H2,1-2H3,(H,28,31). The Hall–Kier alpha value is -4.09. The minimum Gasteiger partial charge on any atom is -0.493 e. The number of sulfonamides is 1. The smallest absolute Gasteiger partial charge is 0.264 e. The Labute approximate surface area is 221 Å². The third kappa shape index (κ3) is 5.90. The van der Waals surface area contributed by atoms with Crippen molar-refractivity contribution in [3.8, 4) is 11.5 Å². The molecule has 3 aromatic rings. The van der Waals surface area contributed by atoms with E-state index < -0.39 is 22.5 Å². The van der Waals surface area contributed by atoms with E-state index in [9.17, 15) is 18.0 Å². The fourth-order valence-corrected chi connectivity index (χ4v) is 5.48. The van der Waals surface area contributed by atoms with E-state index in [1.165, 1.54) is 38.5 Å². The molecule has 0 bridgehead atoms. The highest BCUT2D eigenvalue weighted by atomic mass is 32.2. The Morgan fingerprint density at radius 3 is 2.26 bits per heavy atom. The molecule has 38 heavy (non-hydrogen) atoms. The molecule has 0 aromatic heterocycles. The van der Waals surface area contributed by atoms with Crippen LogP contribution in [0.4, 0.5) is 11.4 Å². The van der Waals surface area contributed by atoms with Crippen LogP contribution in [0.2, 0.25) is 0 Å². The maximum Gasteiger partial charge on any atom is 0.264 e. The van der Waals surface area contributed by atoms with Gasteiger partial charge in [-0.15, -0.1) is 0 Å². The number of ether oxygens (including phenoxy) is 3. The van der Waals surface area contributed by atoms with Gasteiger partial charge in [0.25, 0.3) is 15.9 Å². The Morgan fingerprint density at radius 1 is 0.921 bits per heavy atom. The van der Waals surface area contributed by atoms with Crippen molar-refractivity contribution in [1.29, 1.82) is 0 Å². The number of amides is 2. The third-order valence-electron chi connectivity index (χ3n) is 6.00. The predicted octanol–water partition coefficient (Wildman–Crippen LogP) is 3.01. The van der Waals surface area contributed by atoms with Crippen molar-refractivity contribution in [1.82, 2.24) is 4.90 Å². The molecule has 3 aromatic carbocycles. The molecule has 1 aliphatic heterocycles. The van der Waals surface area contributed by atoms with Gasteiger partial charge < -0.3 is 24.4 Å². The molecule has 0 radical (unpaired) electrons. The molecule has 11 heteroatoms. The summed E-state index contributed by atoms with van der Waals surface area (Å²) < 4.78 is 44.2. The zero-order valence-electron chi connectivity index (χ0n) is 21.1. The molecule has 2 amide bonds. The average Bonchev–Trinajstić information content (AvgIpc) is 2.96. The molecule has 0 spiro atoms. The van der Waals surface area contributed by atoms with E-state index in [1.54, 1.807) is 53.4 Å². The zero-order valence-corrected chi connectivity index (χ0v) is 21.9. The van der Waals surface area contributed by atoms with Gasteiger partial charge in [0, 0.05) is 19.2 Å². The minimum absolute atomic E-state index is 0.0190. The summed E-state index contributed by atoms with van der Waals surface area (Å²) in [6.45, 7) is 1.23. The van der Waals surface area contributed by atoms with E-state index >= 15 is 0 Å². The lowest BCUT2D eigenvalue weighted by molar-refractivity contribution is -0.114. The van der Waals surface area contributed by atoms with Crippen LogP contribution < -0.4 is 19.1 Å². The van der Waals surface area contributed by atoms with Crippen LogP contribution in [0.1, 0.15) is 10.4 Å². The maximum atomic E-state index is 13.7. The van der Waals surface area contributed by atoms with Crippen molar-refractivity contribution < 1.29 is 32.2 Å². The SMILES string of the molecule is COc1ccc(N(CC(=O)Nc2ccccc2C(=O)N2CCOCC2)S(=O)(=O)c2ccccc2)cc1OC. The molecular weight excluding hydrogens is 510 g/mol. The van der Waals surface area contributed by atoms with Gasteiger partial charge in [0.1, 0.15) is 6.54 Å². The second-order valence-corrected chi connectivity index (χ2v) is 10.2. The molecule has 10 nitrogen and oxygen atoms in total. The molecule has 0 atom stereocenters. The molecule has 1 saturated heterocycles. The van der Waals surface area contributed by atoms with Crippen LogP contribution in [-0.4, -0.2) is 72.2 Å². The zero-order chi connectivity index (χ0) is 27.1. The van der Waals surface area contributed by atoms with Gasteiger partial charge in [-0.1, -0.05) is 30.3 Å². The lowest BCUT2D eigenvalue weighted by Crippen LogP contribution is -2.41. The van der Waals surface area contributed by atoms with Crippen LogP contribution in [0.5, 0.6) is 11.5 Å². The van der Waals surface area contributed by atoms with Crippen LogP contribution in [0.3, 0.4) is 0 Å². The van der Waals surface area contributed by atoms with Gasteiger partial charge in [-0.25, -0.2) is 8.42 Å². The Bertz CT molecular complexity index is 1390. The largest absolute Gasteiger partial charge is 0.493 e. The highest BCUT2D eigenvalue weighted by Gasteiger charge is 2.29. The number of hydrogen-bond acceptors (Lipinski definition) is 7. The van der Waals surface area contributed by atoms with Gasteiger partial charge in [0.05, 0.1) is 49.3 Å². The van der Waals surface area contributed by atoms with E-state index in [2.05, 4.69) is 5.32 Å². The van der Waals surface area contributed by atoms with Gasteiger partial charge in [-0.3, -0.25) is 13.9 Å². The van der Waals surface area contributed by atoms with E-state index in [0.29, 0.717) is 49.1 Å². The average molecular weight is 540 g/mol. The number of anilines is 2. The summed E-state index contributed by atoms with van der Waals surface area (Å²) in [4.78, 5) is 28.1. The molecule has 0 unspecified atom stereocenters. The fourth-order valence-electron chi connectivity index (χ4n) is 4.05. The quantitative estimate of drug-likeness (QED) is 0.445. The van der Waals surface area contributed by atoms with E-state index in [-0.39, 0.29) is 16.5 Å². The normalized spacial score (nSPS) is 13.5. The van der Waals surface area contributed by atoms with Gasteiger partial charge in [0.15, 0.2) is 11.5 Å². The Balaban J connectivity index is 1.65. The van der Waals surface area contributed by atoms with Crippen molar-refractivity contribution >= 4 is 33.2 Å². The third-order valence-corrected chi connectivity index (χ3v) is 7.79. The number of morpholine rings is 1. The summed E-state index contributed by atoms with van der Waals surface area (Å²) in [5, 5.41) is 2.73.